The van der Waals surface area contributed by atoms with Crippen molar-refractivity contribution in [1.29, 1.82) is 0 Å². The van der Waals surface area contributed by atoms with Crippen LogP contribution >= 0.6 is 0 Å². The van der Waals surface area contributed by atoms with Crippen LogP contribution in [0.25, 0.3) is 11.0 Å². The third-order valence-electron chi connectivity index (χ3n) is 6.57. The number of nitrogens with zero attached hydrogens (tertiary/aromatic N) is 2. The molecule has 0 saturated carbocycles. The monoisotopic (exact) mass is 450 g/mol. The fraction of sp³-hybridized carbons (Fsp3) is 0.407. The molecule has 2 heterocycles. The Balaban J connectivity index is 1.86. The molecule has 0 aliphatic carbocycles. The molecule has 1 amide bonds. The lowest BCUT2D eigenvalue weighted by Crippen LogP contribution is -2.37. The van der Waals surface area contributed by atoms with Crippen LogP contribution in [0.15, 0.2) is 51.7 Å². The number of rotatable bonds is 6. The molecule has 1 aliphatic heterocycles. The topological polar surface area (TPSA) is 53.8 Å². The molecule has 1 atom stereocenters. The van der Waals surface area contributed by atoms with Crippen molar-refractivity contribution < 1.29 is 13.6 Å². The zero-order chi connectivity index (χ0) is 23.9. The summed E-state index contributed by atoms with van der Waals surface area (Å²) in [5, 5.41) is 0.156. The molecule has 1 aliphatic rings. The van der Waals surface area contributed by atoms with Crippen molar-refractivity contribution in [2.45, 2.75) is 46.1 Å². The molecule has 4 rings (SSSR count). The summed E-state index contributed by atoms with van der Waals surface area (Å²) < 4.78 is 19.8. The summed E-state index contributed by atoms with van der Waals surface area (Å²) in [7, 11) is 0. The molecular formula is C27H31FN2O3. The second kappa shape index (κ2) is 8.75. The van der Waals surface area contributed by atoms with E-state index in [2.05, 4.69) is 39.5 Å². The van der Waals surface area contributed by atoms with Crippen LogP contribution < -0.4 is 5.43 Å². The van der Waals surface area contributed by atoms with Crippen molar-refractivity contribution in [1.82, 2.24) is 9.80 Å². The standard InChI is InChI=1S/C27H31FN2O3/c1-6-29(7-2)14-15-30-23(17-8-10-18(11-9-17)27(3,4)5)22-24(31)20-16-19(28)12-13-21(20)33-25(22)26(30)32/h8-13,16,23H,6-7,14-15H2,1-5H3. The maximum Gasteiger partial charge on any atom is 0.290 e. The van der Waals surface area contributed by atoms with Crippen molar-refractivity contribution in [2.24, 2.45) is 0 Å². The lowest BCUT2D eigenvalue weighted by molar-refractivity contribution is 0.0708. The Hall–Kier alpha value is -2.99. The molecule has 1 aromatic heterocycles. The average Bonchev–Trinajstić information content (AvgIpc) is 3.06. The van der Waals surface area contributed by atoms with E-state index in [1.165, 1.54) is 18.2 Å². The highest BCUT2D eigenvalue weighted by Gasteiger charge is 2.42. The molecule has 3 aromatic rings. The molecule has 0 radical (unpaired) electrons. The smallest absolute Gasteiger partial charge is 0.290 e. The van der Waals surface area contributed by atoms with Gasteiger partial charge in [-0.1, -0.05) is 58.9 Å². The maximum absolute atomic E-state index is 13.9. The number of fused-ring (bicyclic) bond motifs is 2. The minimum Gasteiger partial charge on any atom is -0.450 e. The van der Waals surface area contributed by atoms with Crippen LogP contribution in [0.3, 0.4) is 0 Å². The van der Waals surface area contributed by atoms with Crippen molar-refractivity contribution >= 4 is 16.9 Å². The molecule has 0 spiro atoms. The number of hydrogen-bond acceptors (Lipinski definition) is 4. The lowest BCUT2D eigenvalue weighted by atomic mass is 9.86. The first-order valence-electron chi connectivity index (χ1n) is 11.6. The molecule has 1 unspecified atom stereocenters. The van der Waals surface area contributed by atoms with Crippen molar-refractivity contribution in [3.8, 4) is 0 Å². The van der Waals surface area contributed by atoms with Crippen LogP contribution in [0.5, 0.6) is 0 Å². The predicted molar refractivity (Wildman–Crippen MR) is 128 cm³/mol. The number of carbonyl (C=O) groups excluding carboxylic acids is 1. The number of amides is 1. The zero-order valence-electron chi connectivity index (χ0n) is 19.9. The van der Waals surface area contributed by atoms with Crippen molar-refractivity contribution in [2.75, 3.05) is 26.2 Å². The molecule has 0 N–H and O–H groups in total. The van der Waals surface area contributed by atoms with Gasteiger partial charge in [0, 0.05) is 13.1 Å². The van der Waals surface area contributed by atoms with E-state index in [1.54, 1.807) is 4.90 Å². The third-order valence-corrected chi connectivity index (χ3v) is 6.57. The van der Waals surface area contributed by atoms with Gasteiger partial charge in [-0.25, -0.2) is 4.39 Å². The Labute approximate surface area is 193 Å². The fourth-order valence-corrected chi connectivity index (χ4v) is 4.52. The summed E-state index contributed by atoms with van der Waals surface area (Å²) in [6, 6.07) is 11.3. The van der Waals surface area contributed by atoms with Gasteiger partial charge < -0.3 is 14.2 Å². The van der Waals surface area contributed by atoms with E-state index in [1.807, 2.05) is 24.3 Å². The van der Waals surface area contributed by atoms with Gasteiger partial charge in [0.2, 0.25) is 5.76 Å². The number of carbonyl (C=O) groups is 1. The van der Waals surface area contributed by atoms with Crippen LogP contribution in [0.1, 0.15) is 67.9 Å². The van der Waals surface area contributed by atoms with Crippen LogP contribution in [-0.2, 0) is 5.41 Å². The Kier molecular flexibility index (Phi) is 6.14. The number of halogens is 1. The number of hydrogen-bond donors (Lipinski definition) is 0. The minimum atomic E-state index is -0.569. The van der Waals surface area contributed by atoms with E-state index in [4.69, 9.17) is 4.42 Å². The summed E-state index contributed by atoms with van der Waals surface area (Å²) in [4.78, 5) is 30.9. The van der Waals surface area contributed by atoms with Crippen LogP contribution in [0, 0.1) is 5.82 Å². The molecule has 0 fully saturated rings. The third kappa shape index (κ3) is 4.20. The summed E-state index contributed by atoms with van der Waals surface area (Å²) >= 11 is 0. The van der Waals surface area contributed by atoms with E-state index in [-0.39, 0.29) is 33.5 Å². The summed E-state index contributed by atoms with van der Waals surface area (Å²) in [5.41, 5.74) is 2.16. The van der Waals surface area contributed by atoms with E-state index in [0.717, 1.165) is 24.2 Å². The van der Waals surface area contributed by atoms with Gasteiger partial charge in [-0.15, -0.1) is 0 Å². The van der Waals surface area contributed by atoms with Gasteiger partial charge in [0.1, 0.15) is 11.4 Å². The van der Waals surface area contributed by atoms with Crippen molar-refractivity contribution in [3.05, 3.63) is 81.0 Å². The first kappa shape index (κ1) is 23.2. The van der Waals surface area contributed by atoms with E-state index in [0.29, 0.717) is 18.7 Å². The van der Waals surface area contributed by atoms with Gasteiger partial charge >= 0.3 is 0 Å². The molecule has 0 saturated heterocycles. The minimum absolute atomic E-state index is 0.0167. The van der Waals surface area contributed by atoms with Crippen LogP contribution in [0.4, 0.5) is 4.39 Å². The average molecular weight is 451 g/mol. The Bertz CT molecular complexity index is 1240. The van der Waals surface area contributed by atoms with E-state index < -0.39 is 11.9 Å². The number of benzene rings is 2. The second-order valence-electron chi connectivity index (χ2n) is 9.61. The molecule has 174 valence electrons. The molecule has 2 aromatic carbocycles. The quantitative estimate of drug-likeness (QED) is 0.523. The molecule has 6 heteroatoms. The van der Waals surface area contributed by atoms with E-state index >= 15 is 0 Å². The van der Waals surface area contributed by atoms with Gasteiger partial charge in [0.15, 0.2) is 5.43 Å². The largest absolute Gasteiger partial charge is 0.450 e. The molecular weight excluding hydrogens is 419 g/mol. The Morgan fingerprint density at radius 3 is 2.30 bits per heavy atom. The summed E-state index contributed by atoms with van der Waals surface area (Å²) in [6.45, 7) is 13.5. The maximum atomic E-state index is 13.9. The Morgan fingerprint density at radius 1 is 1.03 bits per heavy atom. The van der Waals surface area contributed by atoms with Gasteiger partial charge in [-0.05, 0) is 47.8 Å². The van der Waals surface area contributed by atoms with Gasteiger partial charge in [-0.2, -0.15) is 0 Å². The Morgan fingerprint density at radius 2 is 1.70 bits per heavy atom. The highest BCUT2D eigenvalue weighted by Crippen LogP contribution is 2.38. The van der Waals surface area contributed by atoms with E-state index in [9.17, 15) is 14.0 Å². The SMILES string of the molecule is CCN(CC)CCN1C(=O)c2oc3ccc(F)cc3c(=O)c2C1c1ccc(C(C)(C)C)cc1. The van der Waals surface area contributed by atoms with Crippen LogP contribution in [-0.4, -0.2) is 41.9 Å². The van der Waals surface area contributed by atoms with Crippen LogP contribution in [0.2, 0.25) is 0 Å². The summed E-state index contributed by atoms with van der Waals surface area (Å²) in [6.07, 6.45) is 0. The van der Waals surface area contributed by atoms with Gasteiger partial charge in [0.05, 0.1) is 17.0 Å². The normalized spacial score (nSPS) is 16.2. The van der Waals surface area contributed by atoms with Gasteiger partial charge in [-0.3, -0.25) is 9.59 Å². The van der Waals surface area contributed by atoms with Gasteiger partial charge in [0.25, 0.3) is 5.91 Å². The zero-order valence-corrected chi connectivity index (χ0v) is 19.9. The second-order valence-corrected chi connectivity index (χ2v) is 9.61. The predicted octanol–water partition coefficient (Wildman–Crippen LogP) is 5.12. The highest BCUT2D eigenvalue weighted by atomic mass is 19.1. The lowest BCUT2D eigenvalue weighted by Gasteiger charge is -2.28. The molecule has 33 heavy (non-hydrogen) atoms. The summed E-state index contributed by atoms with van der Waals surface area (Å²) in [5.74, 6) is -0.752. The highest BCUT2D eigenvalue weighted by molar-refractivity contribution is 5.99. The first-order chi connectivity index (χ1) is 15.7. The van der Waals surface area contributed by atoms with Crippen molar-refractivity contribution in [3.63, 3.8) is 0 Å². The fourth-order valence-electron chi connectivity index (χ4n) is 4.52. The number of likely N-dealkylation sites (N-methyl/N-ethyl adjacent to an activating group) is 1. The first-order valence-corrected chi connectivity index (χ1v) is 11.6. The molecule has 0 bridgehead atoms. The molecule has 5 nitrogen and oxygen atoms in total.